The van der Waals surface area contributed by atoms with Crippen molar-refractivity contribution in [2.45, 2.75) is 19.6 Å². The van der Waals surface area contributed by atoms with Gasteiger partial charge in [0.05, 0.1) is 11.9 Å². The van der Waals surface area contributed by atoms with Crippen LogP contribution in [0.5, 0.6) is 0 Å². The predicted octanol–water partition coefficient (Wildman–Crippen LogP) is 1.21. The molecule has 19 heavy (non-hydrogen) atoms. The van der Waals surface area contributed by atoms with Crippen molar-refractivity contribution in [1.82, 2.24) is 10.1 Å². The molecule has 0 atom stereocenters. The molecule has 0 saturated heterocycles. The summed E-state index contributed by atoms with van der Waals surface area (Å²) in [6.07, 6.45) is 1.41. The summed E-state index contributed by atoms with van der Waals surface area (Å²) in [5.74, 6) is 0.522. The van der Waals surface area contributed by atoms with Gasteiger partial charge in [-0.1, -0.05) is 5.16 Å². The van der Waals surface area contributed by atoms with E-state index in [0.29, 0.717) is 17.1 Å². The normalized spacial score (nSPS) is 11.5. The first kappa shape index (κ1) is 13.3. The summed E-state index contributed by atoms with van der Waals surface area (Å²) < 4.78 is 31.0. The van der Waals surface area contributed by atoms with E-state index in [1.807, 2.05) is 0 Å². The highest BCUT2D eigenvalue weighted by atomic mass is 32.2. The maximum absolute atomic E-state index is 11.9. The van der Waals surface area contributed by atoms with E-state index in [1.165, 1.54) is 6.20 Å². The SMILES string of the molecule is Cc1cc(CS(=O)(=O)Nc2cc(C)c(N)cn2)no1. The average molecular weight is 282 g/mol. The third-order valence-corrected chi connectivity index (χ3v) is 3.62. The van der Waals surface area contributed by atoms with Crippen LogP contribution in [0.3, 0.4) is 0 Å². The number of nitrogens with two attached hydrogens (primary N) is 1. The molecule has 0 aliphatic heterocycles. The molecule has 2 rings (SSSR count). The number of pyridine rings is 1. The Morgan fingerprint density at radius 3 is 2.68 bits per heavy atom. The molecule has 0 aliphatic carbocycles. The first-order valence-corrected chi connectivity index (χ1v) is 7.16. The average Bonchev–Trinajstić information content (AvgIpc) is 2.68. The van der Waals surface area contributed by atoms with Gasteiger partial charge in [0, 0.05) is 6.07 Å². The molecule has 0 fully saturated rings. The molecule has 0 aliphatic rings. The fourth-order valence-electron chi connectivity index (χ4n) is 1.50. The van der Waals surface area contributed by atoms with Gasteiger partial charge in [-0.25, -0.2) is 13.4 Å². The Hall–Kier alpha value is -2.09. The third kappa shape index (κ3) is 3.44. The van der Waals surface area contributed by atoms with E-state index < -0.39 is 10.0 Å². The molecule has 2 heterocycles. The number of rotatable bonds is 4. The van der Waals surface area contributed by atoms with Crippen LogP contribution in [0.1, 0.15) is 17.0 Å². The fourth-order valence-corrected chi connectivity index (χ4v) is 2.53. The van der Waals surface area contributed by atoms with Crippen molar-refractivity contribution in [1.29, 1.82) is 0 Å². The van der Waals surface area contributed by atoms with Gasteiger partial charge in [0.2, 0.25) is 10.0 Å². The lowest BCUT2D eigenvalue weighted by molar-refractivity contribution is 0.392. The van der Waals surface area contributed by atoms with Gasteiger partial charge in [-0.2, -0.15) is 0 Å². The summed E-state index contributed by atoms with van der Waals surface area (Å²) in [7, 11) is -3.58. The summed E-state index contributed by atoms with van der Waals surface area (Å²) in [6.45, 7) is 3.47. The highest BCUT2D eigenvalue weighted by molar-refractivity contribution is 7.91. The summed E-state index contributed by atoms with van der Waals surface area (Å²) in [5.41, 5.74) is 7.23. The highest BCUT2D eigenvalue weighted by Crippen LogP contribution is 2.15. The van der Waals surface area contributed by atoms with Crippen LogP contribution in [0.15, 0.2) is 22.9 Å². The molecule has 0 aromatic carbocycles. The molecule has 102 valence electrons. The van der Waals surface area contributed by atoms with Crippen LogP contribution in [0.2, 0.25) is 0 Å². The van der Waals surface area contributed by atoms with E-state index in [2.05, 4.69) is 14.9 Å². The Kier molecular flexibility index (Phi) is 3.43. The van der Waals surface area contributed by atoms with Crippen molar-refractivity contribution in [2.75, 3.05) is 10.5 Å². The molecule has 2 aromatic rings. The number of sulfonamides is 1. The van der Waals surface area contributed by atoms with E-state index in [4.69, 9.17) is 10.3 Å². The lowest BCUT2D eigenvalue weighted by Gasteiger charge is -2.07. The molecule has 8 heteroatoms. The Labute approximate surface area is 110 Å². The minimum absolute atomic E-state index is 0.229. The van der Waals surface area contributed by atoms with E-state index in [0.717, 1.165) is 5.56 Å². The highest BCUT2D eigenvalue weighted by Gasteiger charge is 2.15. The van der Waals surface area contributed by atoms with Gasteiger partial charge in [0.1, 0.15) is 23.0 Å². The van der Waals surface area contributed by atoms with Crippen LogP contribution in [0, 0.1) is 13.8 Å². The van der Waals surface area contributed by atoms with Crippen molar-refractivity contribution >= 4 is 21.5 Å². The van der Waals surface area contributed by atoms with Gasteiger partial charge in [-0.3, -0.25) is 4.72 Å². The minimum Gasteiger partial charge on any atom is -0.397 e. The Morgan fingerprint density at radius 2 is 2.11 bits per heavy atom. The number of nitrogens with one attached hydrogen (secondary N) is 1. The molecule has 3 N–H and O–H groups in total. The molecule has 0 spiro atoms. The van der Waals surface area contributed by atoms with E-state index in [1.54, 1.807) is 26.0 Å². The lowest BCUT2D eigenvalue weighted by Crippen LogP contribution is -2.16. The molecule has 0 saturated carbocycles. The van der Waals surface area contributed by atoms with Crippen molar-refractivity contribution in [3.8, 4) is 0 Å². The molecule has 7 nitrogen and oxygen atoms in total. The van der Waals surface area contributed by atoms with Gasteiger partial charge in [0.15, 0.2) is 0 Å². The molecule has 0 amide bonds. The largest absolute Gasteiger partial charge is 0.397 e. The van der Waals surface area contributed by atoms with Crippen LogP contribution >= 0.6 is 0 Å². The number of nitrogens with zero attached hydrogens (tertiary/aromatic N) is 2. The van der Waals surface area contributed by atoms with Crippen LogP contribution in [0.4, 0.5) is 11.5 Å². The van der Waals surface area contributed by atoms with Crippen molar-refractivity contribution in [2.24, 2.45) is 0 Å². The second-order valence-corrected chi connectivity index (χ2v) is 5.94. The second-order valence-electron chi connectivity index (χ2n) is 4.22. The van der Waals surface area contributed by atoms with Crippen molar-refractivity contribution < 1.29 is 12.9 Å². The van der Waals surface area contributed by atoms with Gasteiger partial charge in [-0.15, -0.1) is 0 Å². The number of hydrogen-bond donors (Lipinski definition) is 2. The number of anilines is 2. The zero-order chi connectivity index (χ0) is 14.0. The van der Waals surface area contributed by atoms with Crippen molar-refractivity contribution in [3.05, 3.63) is 35.3 Å². The zero-order valence-electron chi connectivity index (χ0n) is 10.5. The van der Waals surface area contributed by atoms with Gasteiger partial charge in [-0.05, 0) is 25.5 Å². The summed E-state index contributed by atoms with van der Waals surface area (Å²) in [4.78, 5) is 3.91. The molecular weight excluding hydrogens is 268 g/mol. The maximum Gasteiger partial charge on any atom is 0.239 e. The lowest BCUT2D eigenvalue weighted by atomic mass is 10.2. The van der Waals surface area contributed by atoms with Gasteiger partial charge in [0.25, 0.3) is 0 Å². The second kappa shape index (κ2) is 4.88. The van der Waals surface area contributed by atoms with E-state index in [9.17, 15) is 8.42 Å². The minimum atomic E-state index is -3.58. The number of nitrogen functional groups attached to an aromatic ring is 1. The summed E-state index contributed by atoms with van der Waals surface area (Å²) in [6, 6.07) is 3.14. The number of hydrogen-bond acceptors (Lipinski definition) is 6. The maximum atomic E-state index is 11.9. The molecular formula is C11H14N4O3S. The molecule has 0 bridgehead atoms. The van der Waals surface area contributed by atoms with Crippen LogP contribution in [-0.2, 0) is 15.8 Å². The van der Waals surface area contributed by atoms with E-state index in [-0.39, 0.29) is 11.6 Å². The molecule has 2 aromatic heterocycles. The summed E-state index contributed by atoms with van der Waals surface area (Å²) in [5, 5.41) is 3.64. The van der Waals surface area contributed by atoms with Crippen LogP contribution in [-0.4, -0.2) is 18.6 Å². The zero-order valence-corrected chi connectivity index (χ0v) is 11.4. The molecule has 0 radical (unpaired) electrons. The number of aryl methyl sites for hydroxylation is 2. The summed E-state index contributed by atoms with van der Waals surface area (Å²) >= 11 is 0. The van der Waals surface area contributed by atoms with Gasteiger partial charge < -0.3 is 10.3 Å². The van der Waals surface area contributed by atoms with Crippen LogP contribution in [0.25, 0.3) is 0 Å². The Morgan fingerprint density at radius 1 is 1.37 bits per heavy atom. The number of aromatic nitrogens is 2. The monoisotopic (exact) mass is 282 g/mol. The first-order chi connectivity index (χ1) is 8.85. The standard InChI is InChI=1S/C11H14N4O3S/c1-7-3-11(13-5-10(7)12)15-19(16,17)6-9-4-8(2)18-14-9/h3-5H,6,12H2,1-2H3,(H,13,15). The quantitative estimate of drug-likeness (QED) is 0.871. The van der Waals surface area contributed by atoms with Crippen molar-refractivity contribution in [3.63, 3.8) is 0 Å². The Balaban J connectivity index is 2.14. The first-order valence-electron chi connectivity index (χ1n) is 5.50. The fraction of sp³-hybridized carbons (Fsp3) is 0.273. The van der Waals surface area contributed by atoms with E-state index >= 15 is 0 Å². The predicted molar refractivity (Wildman–Crippen MR) is 70.9 cm³/mol. The smallest absolute Gasteiger partial charge is 0.239 e. The topological polar surface area (TPSA) is 111 Å². The van der Waals surface area contributed by atoms with Crippen LogP contribution < -0.4 is 10.5 Å². The Bertz CT molecular complexity index is 694. The third-order valence-electron chi connectivity index (χ3n) is 2.43. The molecule has 0 unspecified atom stereocenters. The van der Waals surface area contributed by atoms with Gasteiger partial charge >= 0.3 is 0 Å².